The summed E-state index contributed by atoms with van der Waals surface area (Å²) in [5.74, 6) is -0.349. The number of carbonyl (C=O) groups excluding carboxylic acids is 1. The number of amides is 1. The van der Waals surface area contributed by atoms with Crippen molar-refractivity contribution in [1.82, 2.24) is 9.80 Å². The highest BCUT2D eigenvalue weighted by molar-refractivity contribution is 6.30. The van der Waals surface area contributed by atoms with Crippen molar-refractivity contribution in [2.45, 2.75) is 12.6 Å². The molecule has 1 aliphatic rings. The van der Waals surface area contributed by atoms with Gasteiger partial charge in [0.15, 0.2) is 0 Å². The Morgan fingerprint density at radius 1 is 1.00 bits per heavy atom. The molecule has 144 valence electrons. The summed E-state index contributed by atoms with van der Waals surface area (Å²) in [6, 6.07) is 12.3. The number of piperazine rings is 1. The summed E-state index contributed by atoms with van der Waals surface area (Å²) >= 11 is 5.88. The third-order valence-electron chi connectivity index (χ3n) is 4.73. The van der Waals surface area contributed by atoms with Gasteiger partial charge in [-0.25, -0.2) is 0 Å². The molecule has 1 amide bonds. The number of benzene rings is 2. The standard InChI is InChI=1S/C20H20ClF3N2O/c21-18-6-4-15(5-7-18)8-9-25-10-12-26(13-11-25)19(27)16-2-1-3-17(14-16)20(22,23)24/h1-7,14H,8-13H2. The number of hydrogen-bond donors (Lipinski definition) is 0. The molecular formula is C20H20ClF3N2O. The molecule has 1 fully saturated rings. The van der Waals surface area contributed by atoms with E-state index in [0.29, 0.717) is 31.2 Å². The number of nitrogens with zero attached hydrogens (tertiary/aromatic N) is 2. The van der Waals surface area contributed by atoms with Crippen LogP contribution in [0, 0.1) is 0 Å². The predicted molar refractivity (Wildman–Crippen MR) is 98.9 cm³/mol. The first-order chi connectivity index (χ1) is 12.8. The van der Waals surface area contributed by atoms with Crippen LogP contribution in [0.15, 0.2) is 48.5 Å². The van der Waals surface area contributed by atoms with Gasteiger partial charge in [0.1, 0.15) is 0 Å². The molecule has 3 rings (SSSR count). The molecule has 0 radical (unpaired) electrons. The molecule has 1 saturated heterocycles. The van der Waals surface area contributed by atoms with Crippen LogP contribution in [0.4, 0.5) is 13.2 Å². The molecule has 0 saturated carbocycles. The molecule has 2 aromatic carbocycles. The minimum Gasteiger partial charge on any atom is -0.336 e. The van der Waals surface area contributed by atoms with Crippen LogP contribution in [0.2, 0.25) is 5.02 Å². The predicted octanol–water partition coefficient (Wildman–Crippen LogP) is 4.36. The van der Waals surface area contributed by atoms with Crippen LogP contribution in [0.5, 0.6) is 0 Å². The first-order valence-electron chi connectivity index (χ1n) is 8.76. The average Bonchev–Trinajstić information content (AvgIpc) is 2.67. The number of halogens is 4. The van der Waals surface area contributed by atoms with Crippen molar-refractivity contribution in [3.05, 3.63) is 70.2 Å². The van der Waals surface area contributed by atoms with E-state index in [1.165, 1.54) is 17.7 Å². The smallest absolute Gasteiger partial charge is 0.336 e. The van der Waals surface area contributed by atoms with Gasteiger partial charge in [0, 0.05) is 43.3 Å². The van der Waals surface area contributed by atoms with E-state index in [2.05, 4.69) is 4.90 Å². The Morgan fingerprint density at radius 3 is 2.30 bits per heavy atom. The molecule has 1 heterocycles. The van der Waals surface area contributed by atoms with Crippen LogP contribution in [0.3, 0.4) is 0 Å². The van der Waals surface area contributed by atoms with E-state index in [4.69, 9.17) is 11.6 Å². The third kappa shape index (κ3) is 5.23. The molecule has 3 nitrogen and oxygen atoms in total. The molecular weight excluding hydrogens is 377 g/mol. The van der Waals surface area contributed by atoms with Crippen molar-refractivity contribution in [1.29, 1.82) is 0 Å². The molecule has 0 spiro atoms. The Bertz CT molecular complexity index is 785. The van der Waals surface area contributed by atoms with Crippen molar-refractivity contribution >= 4 is 17.5 Å². The summed E-state index contributed by atoms with van der Waals surface area (Å²) in [5, 5.41) is 0.709. The van der Waals surface area contributed by atoms with Gasteiger partial charge >= 0.3 is 6.18 Å². The Labute approximate surface area is 161 Å². The van der Waals surface area contributed by atoms with E-state index < -0.39 is 11.7 Å². The maximum absolute atomic E-state index is 12.8. The zero-order valence-corrected chi connectivity index (χ0v) is 15.4. The van der Waals surface area contributed by atoms with Crippen LogP contribution < -0.4 is 0 Å². The lowest BCUT2D eigenvalue weighted by molar-refractivity contribution is -0.137. The van der Waals surface area contributed by atoms with Gasteiger partial charge < -0.3 is 4.90 Å². The van der Waals surface area contributed by atoms with E-state index in [1.54, 1.807) is 4.90 Å². The highest BCUT2D eigenvalue weighted by Gasteiger charge is 2.31. The van der Waals surface area contributed by atoms with E-state index >= 15 is 0 Å². The van der Waals surface area contributed by atoms with Crippen molar-refractivity contribution in [2.24, 2.45) is 0 Å². The summed E-state index contributed by atoms with van der Waals surface area (Å²) in [6.07, 6.45) is -3.56. The molecule has 0 unspecified atom stereocenters. The van der Waals surface area contributed by atoms with Crippen LogP contribution in [-0.4, -0.2) is 48.4 Å². The quantitative estimate of drug-likeness (QED) is 0.766. The lowest BCUT2D eigenvalue weighted by atomic mass is 10.1. The van der Waals surface area contributed by atoms with Gasteiger partial charge in [-0.05, 0) is 42.3 Å². The van der Waals surface area contributed by atoms with Crippen LogP contribution in [-0.2, 0) is 12.6 Å². The van der Waals surface area contributed by atoms with Gasteiger partial charge in [-0.1, -0.05) is 29.8 Å². The summed E-state index contributed by atoms with van der Waals surface area (Å²) in [6.45, 7) is 3.30. The zero-order valence-electron chi connectivity index (χ0n) is 14.7. The van der Waals surface area contributed by atoms with E-state index in [1.807, 2.05) is 24.3 Å². The second kappa shape index (κ2) is 8.31. The summed E-state index contributed by atoms with van der Waals surface area (Å²) in [7, 11) is 0. The SMILES string of the molecule is O=C(c1cccc(C(F)(F)F)c1)N1CCN(CCc2ccc(Cl)cc2)CC1. The van der Waals surface area contributed by atoms with Gasteiger partial charge in [-0.3, -0.25) is 9.69 Å². The highest BCUT2D eigenvalue weighted by Crippen LogP contribution is 2.29. The third-order valence-corrected chi connectivity index (χ3v) is 4.98. The fourth-order valence-corrected chi connectivity index (χ4v) is 3.25. The molecule has 2 aromatic rings. The largest absolute Gasteiger partial charge is 0.416 e. The van der Waals surface area contributed by atoms with Crippen LogP contribution >= 0.6 is 11.6 Å². The van der Waals surface area contributed by atoms with Gasteiger partial charge in [0.05, 0.1) is 5.56 Å². The second-order valence-electron chi connectivity index (χ2n) is 6.59. The minimum absolute atomic E-state index is 0.0828. The zero-order chi connectivity index (χ0) is 19.4. The first kappa shape index (κ1) is 19.7. The number of carbonyl (C=O) groups is 1. The molecule has 1 aliphatic heterocycles. The molecule has 27 heavy (non-hydrogen) atoms. The maximum Gasteiger partial charge on any atom is 0.416 e. The summed E-state index contributed by atoms with van der Waals surface area (Å²) < 4.78 is 38.5. The molecule has 0 aliphatic carbocycles. The highest BCUT2D eigenvalue weighted by atomic mass is 35.5. The molecule has 0 atom stereocenters. The van der Waals surface area contributed by atoms with Crippen LogP contribution in [0.25, 0.3) is 0 Å². The normalized spacial score (nSPS) is 15.8. The average molecular weight is 397 g/mol. The Morgan fingerprint density at radius 2 is 1.67 bits per heavy atom. The summed E-state index contributed by atoms with van der Waals surface area (Å²) in [5.41, 5.74) is 0.483. The maximum atomic E-state index is 12.8. The van der Waals surface area contributed by atoms with Gasteiger partial charge in [-0.2, -0.15) is 13.2 Å². The first-order valence-corrected chi connectivity index (χ1v) is 9.14. The Kier molecular flexibility index (Phi) is 6.07. The summed E-state index contributed by atoms with van der Waals surface area (Å²) in [4.78, 5) is 16.4. The lowest BCUT2D eigenvalue weighted by Gasteiger charge is -2.34. The van der Waals surface area contributed by atoms with Crippen molar-refractivity contribution in [3.8, 4) is 0 Å². The fourth-order valence-electron chi connectivity index (χ4n) is 3.12. The van der Waals surface area contributed by atoms with E-state index in [0.717, 1.165) is 25.1 Å². The number of alkyl halides is 3. The second-order valence-corrected chi connectivity index (χ2v) is 7.03. The van der Waals surface area contributed by atoms with Gasteiger partial charge in [0.25, 0.3) is 5.91 Å². The van der Waals surface area contributed by atoms with Crippen molar-refractivity contribution < 1.29 is 18.0 Å². The van der Waals surface area contributed by atoms with Crippen LogP contribution in [0.1, 0.15) is 21.5 Å². The number of rotatable bonds is 4. The Hall–Kier alpha value is -2.05. The fraction of sp³-hybridized carbons (Fsp3) is 0.350. The topological polar surface area (TPSA) is 23.6 Å². The molecule has 0 N–H and O–H groups in total. The molecule has 0 bridgehead atoms. The number of hydrogen-bond acceptors (Lipinski definition) is 2. The molecule has 7 heteroatoms. The lowest BCUT2D eigenvalue weighted by Crippen LogP contribution is -2.49. The van der Waals surface area contributed by atoms with Gasteiger partial charge in [-0.15, -0.1) is 0 Å². The Balaban J connectivity index is 1.53. The molecule has 0 aromatic heterocycles. The minimum atomic E-state index is -4.45. The van der Waals surface area contributed by atoms with Gasteiger partial charge in [0.2, 0.25) is 0 Å². The van der Waals surface area contributed by atoms with Crippen molar-refractivity contribution in [3.63, 3.8) is 0 Å². The van der Waals surface area contributed by atoms with Crippen molar-refractivity contribution in [2.75, 3.05) is 32.7 Å². The monoisotopic (exact) mass is 396 g/mol. The van der Waals surface area contributed by atoms with E-state index in [-0.39, 0.29) is 11.5 Å². The van der Waals surface area contributed by atoms with E-state index in [9.17, 15) is 18.0 Å².